The van der Waals surface area contributed by atoms with Crippen LogP contribution in [0.2, 0.25) is 0 Å². The average Bonchev–Trinajstić information content (AvgIpc) is 2.25. The van der Waals surface area contributed by atoms with E-state index in [4.69, 9.17) is 0 Å². The lowest BCUT2D eigenvalue weighted by atomic mass is 10.2. The Bertz CT molecular complexity index is 566. The van der Waals surface area contributed by atoms with E-state index in [9.17, 15) is 8.42 Å². The lowest BCUT2D eigenvalue weighted by Crippen LogP contribution is -2.56. The number of sulfone groups is 1. The van der Waals surface area contributed by atoms with Gasteiger partial charge in [0, 0.05) is 32.9 Å². The largest absolute Gasteiger partial charge is 0.347 e. The van der Waals surface area contributed by atoms with Crippen molar-refractivity contribution in [2.45, 2.75) is 19.1 Å². The van der Waals surface area contributed by atoms with Gasteiger partial charge in [-0.05, 0) is 6.92 Å². The fourth-order valence-electron chi connectivity index (χ4n) is 1.86. The minimum absolute atomic E-state index is 0.185. The first-order valence-corrected chi connectivity index (χ1v) is 7.91. The molecular weight excluding hydrogens is 266 g/mol. The van der Waals surface area contributed by atoms with Crippen molar-refractivity contribution in [1.29, 1.82) is 0 Å². The van der Waals surface area contributed by atoms with E-state index in [0.717, 1.165) is 0 Å². The van der Waals surface area contributed by atoms with E-state index in [1.807, 2.05) is 19.0 Å². The lowest BCUT2D eigenvalue weighted by molar-refractivity contribution is 0.536. The molecule has 106 valence electrons. The summed E-state index contributed by atoms with van der Waals surface area (Å²) in [4.78, 5) is 16.5. The van der Waals surface area contributed by atoms with Crippen molar-refractivity contribution >= 4 is 21.7 Å². The summed E-state index contributed by atoms with van der Waals surface area (Å²) < 4.78 is 23.4. The predicted octanol–water partition coefficient (Wildman–Crippen LogP) is -0.131. The molecule has 1 aliphatic rings. The van der Waals surface area contributed by atoms with Crippen LogP contribution < -0.4 is 9.80 Å². The van der Waals surface area contributed by atoms with Crippen LogP contribution in [0.15, 0.2) is 0 Å². The van der Waals surface area contributed by atoms with Crippen molar-refractivity contribution in [1.82, 2.24) is 15.0 Å². The number of hydrogen-bond acceptors (Lipinski definition) is 7. The molecular formula is C11H19N5O2S. The fraction of sp³-hybridized carbons (Fsp3) is 0.727. The highest BCUT2D eigenvalue weighted by Gasteiger charge is 2.37. The summed E-state index contributed by atoms with van der Waals surface area (Å²) in [7, 11) is 0.758. The Morgan fingerprint density at radius 2 is 1.89 bits per heavy atom. The minimum Gasteiger partial charge on any atom is -0.347 e. The molecule has 1 fully saturated rings. The normalized spacial score (nSPS) is 16.3. The van der Waals surface area contributed by atoms with E-state index in [2.05, 4.69) is 15.0 Å². The second-order valence-corrected chi connectivity index (χ2v) is 7.43. The van der Waals surface area contributed by atoms with Crippen LogP contribution in [0.3, 0.4) is 0 Å². The zero-order chi connectivity index (χ0) is 14.2. The summed E-state index contributed by atoms with van der Waals surface area (Å²) in [6, 6.07) is 0. The van der Waals surface area contributed by atoms with Crippen LogP contribution in [-0.2, 0) is 9.84 Å². The Kier molecular flexibility index (Phi) is 3.62. The molecule has 0 unspecified atom stereocenters. The Labute approximate surface area is 113 Å². The molecule has 0 bridgehead atoms. The van der Waals surface area contributed by atoms with Gasteiger partial charge in [0.15, 0.2) is 9.84 Å². The molecule has 0 aliphatic carbocycles. The smallest absolute Gasteiger partial charge is 0.230 e. The van der Waals surface area contributed by atoms with Gasteiger partial charge in [-0.15, -0.1) is 0 Å². The number of anilines is 2. The third-order valence-corrected chi connectivity index (χ3v) is 5.28. The molecule has 0 radical (unpaired) electrons. The van der Waals surface area contributed by atoms with Crippen LogP contribution >= 0.6 is 0 Å². The molecule has 0 N–H and O–H groups in total. The molecule has 19 heavy (non-hydrogen) atoms. The topological polar surface area (TPSA) is 79.3 Å². The Morgan fingerprint density at radius 3 is 2.42 bits per heavy atom. The summed E-state index contributed by atoms with van der Waals surface area (Å²) in [6.07, 6.45) is 0. The van der Waals surface area contributed by atoms with Crippen molar-refractivity contribution in [3.63, 3.8) is 0 Å². The maximum Gasteiger partial charge on any atom is 0.230 e. The van der Waals surface area contributed by atoms with E-state index in [0.29, 0.717) is 30.8 Å². The highest BCUT2D eigenvalue weighted by molar-refractivity contribution is 7.92. The third-order valence-electron chi connectivity index (χ3n) is 3.16. The SMILES string of the molecule is CCS(=O)(=O)C1CN(c2nc(C)nc(N(C)C)n2)C1. The van der Waals surface area contributed by atoms with Crippen LogP contribution in [0.5, 0.6) is 0 Å². The highest BCUT2D eigenvalue weighted by Crippen LogP contribution is 2.23. The van der Waals surface area contributed by atoms with E-state index in [-0.39, 0.29) is 11.0 Å². The maximum atomic E-state index is 11.7. The number of aromatic nitrogens is 3. The summed E-state index contributed by atoms with van der Waals surface area (Å²) in [5.41, 5.74) is 0. The van der Waals surface area contributed by atoms with E-state index >= 15 is 0 Å². The Morgan fingerprint density at radius 1 is 1.26 bits per heavy atom. The number of rotatable bonds is 4. The van der Waals surface area contributed by atoms with Crippen molar-refractivity contribution in [2.75, 3.05) is 42.7 Å². The van der Waals surface area contributed by atoms with E-state index in [1.54, 1.807) is 18.7 Å². The molecule has 1 aliphatic heterocycles. The molecule has 2 heterocycles. The second-order valence-electron chi connectivity index (χ2n) is 4.86. The molecule has 0 aromatic carbocycles. The van der Waals surface area contributed by atoms with Crippen molar-refractivity contribution in [3.05, 3.63) is 5.82 Å². The number of nitrogens with zero attached hydrogens (tertiary/aromatic N) is 5. The van der Waals surface area contributed by atoms with Gasteiger partial charge in [-0.2, -0.15) is 15.0 Å². The van der Waals surface area contributed by atoms with Crippen LogP contribution in [-0.4, -0.2) is 61.6 Å². The minimum atomic E-state index is -2.96. The van der Waals surface area contributed by atoms with Gasteiger partial charge in [0.2, 0.25) is 11.9 Å². The first kappa shape index (κ1) is 14.0. The van der Waals surface area contributed by atoms with Gasteiger partial charge < -0.3 is 9.80 Å². The summed E-state index contributed by atoms with van der Waals surface area (Å²) in [5, 5.41) is -0.294. The first-order chi connectivity index (χ1) is 8.83. The molecule has 7 nitrogen and oxygen atoms in total. The molecule has 0 spiro atoms. The van der Waals surface area contributed by atoms with Crippen molar-refractivity contribution in [3.8, 4) is 0 Å². The van der Waals surface area contributed by atoms with Gasteiger partial charge in [0.25, 0.3) is 0 Å². The second kappa shape index (κ2) is 4.92. The van der Waals surface area contributed by atoms with Crippen molar-refractivity contribution in [2.24, 2.45) is 0 Å². The Balaban J connectivity index is 2.14. The molecule has 1 aromatic rings. The number of hydrogen-bond donors (Lipinski definition) is 0. The molecule has 2 rings (SSSR count). The summed E-state index contributed by atoms with van der Waals surface area (Å²) >= 11 is 0. The molecule has 0 atom stereocenters. The van der Waals surface area contributed by atoms with E-state index in [1.165, 1.54) is 0 Å². The van der Waals surface area contributed by atoms with Crippen LogP contribution in [0.25, 0.3) is 0 Å². The molecule has 1 saturated heterocycles. The first-order valence-electron chi connectivity index (χ1n) is 6.20. The van der Waals surface area contributed by atoms with Gasteiger partial charge in [-0.25, -0.2) is 8.42 Å². The average molecular weight is 285 g/mol. The highest BCUT2D eigenvalue weighted by atomic mass is 32.2. The number of aryl methyl sites for hydroxylation is 1. The zero-order valence-corrected chi connectivity index (χ0v) is 12.5. The molecule has 0 amide bonds. The van der Waals surface area contributed by atoms with Crippen LogP contribution in [0.4, 0.5) is 11.9 Å². The quantitative estimate of drug-likeness (QED) is 0.762. The predicted molar refractivity (Wildman–Crippen MR) is 74.4 cm³/mol. The van der Waals surface area contributed by atoms with Crippen LogP contribution in [0, 0.1) is 6.92 Å². The maximum absolute atomic E-state index is 11.7. The summed E-state index contributed by atoms with van der Waals surface area (Å²) in [6.45, 7) is 4.41. The molecule has 8 heteroatoms. The third kappa shape index (κ3) is 2.78. The molecule has 0 saturated carbocycles. The Hall–Kier alpha value is -1.44. The van der Waals surface area contributed by atoms with Gasteiger partial charge in [-0.3, -0.25) is 0 Å². The fourth-order valence-corrected chi connectivity index (χ4v) is 3.15. The van der Waals surface area contributed by atoms with Gasteiger partial charge in [-0.1, -0.05) is 6.92 Å². The zero-order valence-electron chi connectivity index (χ0n) is 11.7. The van der Waals surface area contributed by atoms with E-state index < -0.39 is 9.84 Å². The van der Waals surface area contributed by atoms with Gasteiger partial charge in [0.1, 0.15) is 5.82 Å². The van der Waals surface area contributed by atoms with Gasteiger partial charge in [0.05, 0.1) is 5.25 Å². The van der Waals surface area contributed by atoms with Crippen molar-refractivity contribution < 1.29 is 8.42 Å². The monoisotopic (exact) mass is 285 g/mol. The summed E-state index contributed by atoms with van der Waals surface area (Å²) in [5.74, 6) is 1.96. The lowest BCUT2D eigenvalue weighted by Gasteiger charge is -2.38. The van der Waals surface area contributed by atoms with Gasteiger partial charge >= 0.3 is 0 Å². The standard InChI is InChI=1S/C11H19N5O2S/c1-5-19(17,18)9-6-16(7-9)11-13-8(2)12-10(14-11)15(3)4/h9H,5-7H2,1-4H3. The molecule has 1 aromatic heterocycles. The van der Waals surface area contributed by atoms with Crippen LogP contribution in [0.1, 0.15) is 12.7 Å².